The van der Waals surface area contributed by atoms with E-state index in [9.17, 15) is 9.50 Å². The Morgan fingerprint density at radius 3 is 2.28 bits per heavy atom. The maximum absolute atomic E-state index is 13.7. The van der Waals surface area contributed by atoms with E-state index in [2.05, 4.69) is 55.4 Å². The van der Waals surface area contributed by atoms with E-state index in [1.807, 2.05) is 12.1 Å². The second kappa shape index (κ2) is 10.2. The van der Waals surface area contributed by atoms with Crippen molar-refractivity contribution in [1.82, 2.24) is 4.98 Å². The molecule has 1 N–H and O–H groups in total. The molecule has 2 aromatic rings. The summed E-state index contributed by atoms with van der Waals surface area (Å²) in [7, 11) is 0. The molecule has 198 valence electrons. The molecule has 1 aromatic carbocycles. The molecular weight excluding hydrogens is 449 g/mol. The minimum absolute atomic E-state index is 0.0200. The lowest BCUT2D eigenvalue weighted by atomic mass is 9.69. The van der Waals surface area contributed by atoms with Gasteiger partial charge in [-0.15, -0.1) is 0 Å². The quantitative estimate of drug-likeness (QED) is 0.464. The number of hydrogen-bond donors (Lipinski definition) is 1. The number of ether oxygens (including phenoxy) is 1. The zero-order valence-electron chi connectivity index (χ0n) is 23.6. The van der Waals surface area contributed by atoms with Crippen molar-refractivity contribution in [2.75, 3.05) is 0 Å². The average Bonchev–Trinajstić information content (AvgIpc) is 3.34. The SMILES string of the molecule is CC(C)c1nc2c(c3c1C(c1ccc(F)cc1)OC31CCCC1C)C(O)CC(C)(C)C2.CCC(C)C. The first-order valence-corrected chi connectivity index (χ1v) is 14.1. The second-order valence-corrected chi connectivity index (χ2v) is 12.9. The van der Waals surface area contributed by atoms with Crippen molar-refractivity contribution in [3.8, 4) is 0 Å². The van der Waals surface area contributed by atoms with Gasteiger partial charge in [-0.2, -0.15) is 0 Å². The number of benzene rings is 1. The third-order valence-corrected chi connectivity index (χ3v) is 8.64. The maximum atomic E-state index is 13.7. The van der Waals surface area contributed by atoms with Crippen LogP contribution in [0.5, 0.6) is 0 Å². The first kappa shape index (κ1) is 27.3. The van der Waals surface area contributed by atoms with E-state index in [4.69, 9.17) is 9.72 Å². The van der Waals surface area contributed by atoms with Gasteiger partial charge in [-0.25, -0.2) is 4.39 Å². The van der Waals surface area contributed by atoms with Crippen molar-refractivity contribution in [3.63, 3.8) is 0 Å². The Hall–Kier alpha value is -1.78. The van der Waals surface area contributed by atoms with Gasteiger partial charge in [0, 0.05) is 22.5 Å². The van der Waals surface area contributed by atoms with E-state index in [1.165, 1.54) is 24.1 Å². The van der Waals surface area contributed by atoms with Gasteiger partial charge in [0.1, 0.15) is 11.9 Å². The van der Waals surface area contributed by atoms with Crippen LogP contribution in [0.3, 0.4) is 0 Å². The fourth-order valence-electron chi connectivity index (χ4n) is 6.39. The molecule has 5 rings (SSSR count). The van der Waals surface area contributed by atoms with Gasteiger partial charge in [0.15, 0.2) is 0 Å². The van der Waals surface area contributed by atoms with E-state index in [0.29, 0.717) is 5.92 Å². The number of rotatable bonds is 3. The summed E-state index contributed by atoms with van der Waals surface area (Å²) in [4.78, 5) is 5.19. The van der Waals surface area contributed by atoms with Crippen LogP contribution in [-0.2, 0) is 16.8 Å². The van der Waals surface area contributed by atoms with Gasteiger partial charge in [-0.3, -0.25) is 4.98 Å². The molecule has 1 fully saturated rings. The lowest BCUT2D eigenvalue weighted by molar-refractivity contribution is -0.0842. The van der Waals surface area contributed by atoms with Gasteiger partial charge in [0.05, 0.1) is 11.7 Å². The highest BCUT2D eigenvalue weighted by Gasteiger charge is 2.55. The summed E-state index contributed by atoms with van der Waals surface area (Å²) in [5.74, 6) is 1.25. The molecule has 0 amide bonds. The van der Waals surface area contributed by atoms with E-state index in [0.717, 1.165) is 66.1 Å². The first-order valence-electron chi connectivity index (χ1n) is 14.1. The van der Waals surface area contributed by atoms with Gasteiger partial charge < -0.3 is 9.84 Å². The highest BCUT2D eigenvalue weighted by atomic mass is 19.1. The highest BCUT2D eigenvalue weighted by molar-refractivity contribution is 5.54. The number of pyridine rings is 1. The van der Waals surface area contributed by atoms with Crippen LogP contribution in [0, 0.1) is 23.1 Å². The molecule has 36 heavy (non-hydrogen) atoms. The first-order chi connectivity index (χ1) is 16.9. The molecule has 1 spiro atoms. The lowest BCUT2D eigenvalue weighted by Gasteiger charge is -2.39. The number of halogens is 1. The molecule has 0 saturated heterocycles. The Balaban J connectivity index is 0.000000556. The Kier molecular flexibility index (Phi) is 7.70. The zero-order chi connectivity index (χ0) is 26.4. The van der Waals surface area contributed by atoms with Crippen molar-refractivity contribution in [1.29, 1.82) is 0 Å². The Morgan fingerprint density at radius 2 is 1.75 bits per heavy atom. The molecule has 0 radical (unpaired) electrons. The number of hydrogen-bond acceptors (Lipinski definition) is 3. The van der Waals surface area contributed by atoms with Crippen molar-refractivity contribution in [2.45, 2.75) is 118 Å². The van der Waals surface area contributed by atoms with Crippen molar-refractivity contribution in [2.24, 2.45) is 17.3 Å². The number of aromatic nitrogens is 1. The molecule has 4 atom stereocenters. The van der Waals surface area contributed by atoms with Gasteiger partial charge in [0.25, 0.3) is 0 Å². The number of aliphatic hydroxyl groups excluding tert-OH is 1. The molecule has 3 aliphatic rings. The molecule has 2 aliphatic carbocycles. The predicted octanol–water partition coefficient (Wildman–Crippen LogP) is 8.54. The molecular formula is C32H46FNO2. The predicted molar refractivity (Wildman–Crippen MR) is 145 cm³/mol. The van der Waals surface area contributed by atoms with Crippen LogP contribution in [-0.4, -0.2) is 10.1 Å². The van der Waals surface area contributed by atoms with E-state index in [1.54, 1.807) is 0 Å². The molecule has 3 nitrogen and oxygen atoms in total. The normalized spacial score (nSPS) is 28.3. The van der Waals surface area contributed by atoms with Gasteiger partial charge in [0.2, 0.25) is 0 Å². The topological polar surface area (TPSA) is 42.4 Å². The number of nitrogens with zero attached hydrogens (tertiary/aromatic N) is 1. The maximum Gasteiger partial charge on any atom is 0.123 e. The summed E-state index contributed by atoms with van der Waals surface area (Å²) in [5.41, 5.74) is 6.08. The Morgan fingerprint density at radius 1 is 1.11 bits per heavy atom. The third-order valence-electron chi connectivity index (χ3n) is 8.64. The monoisotopic (exact) mass is 495 g/mol. The summed E-state index contributed by atoms with van der Waals surface area (Å²) in [6.07, 6.45) is 5.31. The van der Waals surface area contributed by atoms with Crippen molar-refractivity contribution >= 4 is 0 Å². The van der Waals surface area contributed by atoms with Crippen molar-refractivity contribution in [3.05, 3.63) is 63.7 Å². The third kappa shape index (κ3) is 4.88. The molecule has 4 unspecified atom stereocenters. The smallest absolute Gasteiger partial charge is 0.123 e. The summed E-state index contributed by atoms with van der Waals surface area (Å²) in [6.45, 7) is 17.7. The zero-order valence-corrected chi connectivity index (χ0v) is 23.6. The van der Waals surface area contributed by atoms with E-state index in [-0.39, 0.29) is 23.3 Å². The summed E-state index contributed by atoms with van der Waals surface area (Å²) < 4.78 is 20.7. The minimum atomic E-state index is -0.526. The molecule has 0 bridgehead atoms. The van der Waals surface area contributed by atoms with Crippen LogP contribution in [0.15, 0.2) is 24.3 Å². The largest absolute Gasteiger partial charge is 0.388 e. The van der Waals surface area contributed by atoms with E-state index >= 15 is 0 Å². The fourth-order valence-corrected chi connectivity index (χ4v) is 6.39. The Bertz CT molecular complexity index is 1070. The number of fused-ring (bicyclic) bond motifs is 4. The van der Waals surface area contributed by atoms with Crippen LogP contribution >= 0.6 is 0 Å². The molecule has 1 saturated carbocycles. The van der Waals surface area contributed by atoms with Crippen LogP contribution in [0.2, 0.25) is 0 Å². The second-order valence-electron chi connectivity index (χ2n) is 12.9. The van der Waals surface area contributed by atoms with Crippen molar-refractivity contribution < 1.29 is 14.2 Å². The molecule has 1 aromatic heterocycles. The number of aliphatic hydroxyl groups is 1. The summed E-state index contributed by atoms with van der Waals surface area (Å²) in [6, 6.07) is 6.70. The lowest BCUT2D eigenvalue weighted by Crippen LogP contribution is -2.34. The van der Waals surface area contributed by atoms with Crippen LogP contribution in [0.4, 0.5) is 4.39 Å². The van der Waals surface area contributed by atoms with Crippen LogP contribution < -0.4 is 0 Å². The van der Waals surface area contributed by atoms with Gasteiger partial charge in [-0.05, 0) is 78.5 Å². The standard InChI is InChI=1S/C27H34FNO2.C5H12/c1-15(2)24-22-23(21-19(29-24)13-26(4,5)14-20(21)30)27(12-6-7-16(27)3)31-25(22)17-8-10-18(28)11-9-17;1-4-5(2)3/h8-11,15-16,20,25,30H,6-7,12-14H2,1-5H3;5H,4H2,1-3H3. The van der Waals surface area contributed by atoms with E-state index < -0.39 is 11.7 Å². The fraction of sp³-hybridized carbons (Fsp3) is 0.656. The van der Waals surface area contributed by atoms with Gasteiger partial charge >= 0.3 is 0 Å². The molecule has 2 heterocycles. The summed E-state index contributed by atoms with van der Waals surface area (Å²) in [5, 5.41) is 11.4. The molecule has 1 aliphatic heterocycles. The summed E-state index contributed by atoms with van der Waals surface area (Å²) >= 11 is 0. The molecule has 4 heteroatoms. The van der Waals surface area contributed by atoms with Gasteiger partial charge in [-0.1, -0.05) is 73.9 Å². The van der Waals surface area contributed by atoms with Crippen LogP contribution in [0.1, 0.15) is 139 Å². The average molecular weight is 496 g/mol. The minimum Gasteiger partial charge on any atom is -0.388 e. The van der Waals surface area contributed by atoms with Crippen LogP contribution in [0.25, 0.3) is 0 Å². The Labute approximate surface area is 217 Å². The highest BCUT2D eigenvalue weighted by Crippen LogP contribution is 2.61.